The molecule has 1 aromatic carbocycles. The minimum absolute atomic E-state index is 0.0228. The van der Waals surface area contributed by atoms with Crippen LogP contribution in [0, 0.1) is 13.8 Å². The number of rotatable bonds is 5. The van der Waals surface area contributed by atoms with Crippen LogP contribution in [0.5, 0.6) is 0 Å². The number of benzene rings is 1. The minimum atomic E-state index is -0.405. The summed E-state index contributed by atoms with van der Waals surface area (Å²) in [6.45, 7) is 7.75. The molecule has 0 aliphatic rings. The Kier molecular flexibility index (Phi) is 5.04. The molecule has 4 heteroatoms. The average molecular weight is 313 g/mol. The highest BCUT2D eigenvalue weighted by Gasteiger charge is 2.25. The molecule has 1 aromatic heterocycles. The number of hydrogen-bond acceptors (Lipinski definition) is 3. The lowest BCUT2D eigenvalue weighted by atomic mass is 10.0. The van der Waals surface area contributed by atoms with Gasteiger partial charge in [-0.05, 0) is 44.9 Å². The van der Waals surface area contributed by atoms with Gasteiger partial charge in [0.05, 0.1) is 18.2 Å². The van der Waals surface area contributed by atoms with Gasteiger partial charge in [0.2, 0.25) is 5.78 Å². The van der Waals surface area contributed by atoms with Crippen LogP contribution in [0.2, 0.25) is 0 Å². The van der Waals surface area contributed by atoms with Crippen molar-refractivity contribution in [2.24, 2.45) is 7.05 Å². The van der Waals surface area contributed by atoms with E-state index in [1.165, 1.54) is 0 Å². The molecule has 0 saturated heterocycles. The van der Waals surface area contributed by atoms with Gasteiger partial charge in [-0.2, -0.15) is 0 Å². The van der Waals surface area contributed by atoms with Gasteiger partial charge in [0.1, 0.15) is 0 Å². The SMILES string of the molecule is CCOC(=O)C(C)c1cc(C)c(C(=O)c2ccccc2C)n1C. The summed E-state index contributed by atoms with van der Waals surface area (Å²) in [7, 11) is 1.82. The first-order chi connectivity index (χ1) is 10.9. The van der Waals surface area contributed by atoms with E-state index in [4.69, 9.17) is 4.74 Å². The lowest BCUT2D eigenvalue weighted by molar-refractivity contribution is -0.144. The van der Waals surface area contributed by atoms with Gasteiger partial charge in [-0.1, -0.05) is 24.3 Å². The standard InChI is InChI=1S/C19H23NO3/c1-6-23-19(22)14(4)16-11-13(3)17(20(16)5)18(21)15-10-8-7-9-12(15)2/h7-11,14H,6H2,1-5H3. The largest absolute Gasteiger partial charge is 0.465 e. The third-order valence-corrected chi connectivity index (χ3v) is 4.15. The van der Waals surface area contributed by atoms with E-state index >= 15 is 0 Å². The van der Waals surface area contributed by atoms with E-state index in [1.807, 2.05) is 55.8 Å². The number of hydrogen-bond donors (Lipinski definition) is 0. The normalized spacial score (nSPS) is 12.0. The maximum absolute atomic E-state index is 12.9. The van der Waals surface area contributed by atoms with Gasteiger partial charge in [-0.3, -0.25) is 9.59 Å². The maximum Gasteiger partial charge on any atom is 0.314 e. The lowest BCUT2D eigenvalue weighted by Gasteiger charge is -2.13. The first-order valence-electron chi connectivity index (χ1n) is 7.81. The van der Waals surface area contributed by atoms with E-state index in [0.29, 0.717) is 17.9 Å². The first kappa shape index (κ1) is 17.0. The maximum atomic E-state index is 12.9. The topological polar surface area (TPSA) is 48.3 Å². The lowest BCUT2D eigenvalue weighted by Crippen LogP contribution is -2.17. The summed E-state index contributed by atoms with van der Waals surface area (Å²) in [6, 6.07) is 9.43. The highest BCUT2D eigenvalue weighted by atomic mass is 16.5. The molecule has 0 saturated carbocycles. The van der Waals surface area contributed by atoms with Crippen molar-refractivity contribution < 1.29 is 14.3 Å². The summed E-state index contributed by atoms with van der Waals surface area (Å²) in [5, 5.41) is 0. The van der Waals surface area contributed by atoms with E-state index in [-0.39, 0.29) is 11.8 Å². The molecule has 0 aliphatic heterocycles. The Morgan fingerprint density at radius 3 is 2.43 bits per heavy atom. The van der Waals surface area contributed by atoms with Crippen molar-refractivity contribution in [1.29, 1.82) is 0 Å². The zero-order valence-electron chi connectivity index (χ0n) is 14.3. The fourth-order valence-electron chi connectivity index (χ4n) is 2.87. The van der Waals surface area contributed by atoms with Gasteiger partial charge in [0, 0.05) is 18.3 Å². The molecule has 0 aliphatic carbocycles. The van der Waals surface area contributed by atoms with Crippen LogP contribution in [0.3, 0.4) is 0 Å². The summed E-state index contributed by atoms with van der Waals surface area (Å²) < 4.78 is 6.90. The number of ketones is 1. The smallest absolute Gasteiger partial charge is 0.314 e. The molecule has 23 heavy (non-hydrogen) atoms. The fourth-order valence-corrected chi connectivity index (χ4v) is 2.87. The van der Waals surface area contributed by atoms with E-state index in [2.05, 4.69) is 0 Å². The monoisotopic (exact) mass is 313 g/mol. The molecule has 1 heterocycles. The van der Waals surface area contributed by atoms with Gasteiger partial charge in [0.25, 0.3) is 0 Å². The van der Waals surface area contributed by atoms with Crippen LogP contribution in [0.4, 0.5) is 0 Å². The Morgan fingerprint density at radius 1 is 1.17 bits per heavy atom. The quantitative estimate of drug-likeness (QED) is 0.626. The molecule has 1 unspecified atom stereocenters. The molecule has 122 valence electrons. The summed E-state index contributed by atoms with van der Waals surface area (Å²) in [5.41, 5.74) is 3.90. The second-order valence-corrected chi connectivity index (χ2v) is 5.78. The number of carbonyl (C=O) groups excluding carboxylic acids is 2. The number of aromatic nitrogens is 1. The van der Waals surface area contributed by atoms with Gasteiger partial charge >= 0.3 is 5.97 Å². The molecule has 1 atom stereocenters. The van der Waals surface area contributed by atoms with Crippen molar-refractivity contribution >= 4 is 11.8 Å². The van der Waals surface area contributed by atoms with Gasteiger partial charge in [-0.15, -0.1) is 0 Å². The summed E-state index contributed by atoms with van der Waals surface area (Å²) in [6.07, 6.45) is 0. The minimum Gasteiger partial charge on any atom is -0.465 e. The van der Waals surface area contributed by atoms with Gasteiger partial charge in [0.15, 0.2) is 0 Å². The Balaban J connectivity index is 2.44. The molecule has 0 radical (unpaired) electrons. The number of aryl methyl sites for hydroxylation is 2. The fraction of sp³-hybridized carbons (Fsp3) is 0.368. The summed E-state index contributed by atoms with van der Waals surface area (Å²) >= 11 is 0. The van der Waals surface area contributed by atoms with E-state index in [0.717, 1.165) is 16.8 Å². The molecule has 0 spiro atoms. The van der Waals surface area contributed by atoms with Crippen LogP contribution >= 0.6 is 0 Å². The zero-order chi connectivity index (χ0) is 17.1. The molecule has 0 N–H and O–H groups in total. The van der Waals surface area contributed by atoms with Gasteiger partial charge < -0.3 is 9.30 Å². The number of esters is 1. The zero-order valence-corrected chi connectivity index (χ0v) is 14.3. The van der Waals surface area contributed by atoms with Crippen LogP contribution in [0.25, 0.3) is 0 Å². The molecule has 4 nitrogen and oxygen atoms in total. The van der Waals surface area contributed by atoms with Crippen molar-refractivity contribution in [3.63, 3.8) is 0 Å². The van der Waals surface area contributed by atoms with Crippen LogP contribution in [0.15, 0.2) is 30.3 Å². The number of nitrogens with zero attached hydrogens (tertiary/aromatic N) is 1. The summed E-state index contributed by atoms with van der Waals surface area (Å²) in [4.78, 5) is 24.9. The van der Waals surface area contributed by atoms with Crippen molar-refractivity contribution in [2.75, 3.05) is 6.61 Å². The predicted octanol–water partition coefficient (Wildman–Crippen LogP) is 3.54. The third-order valence-electron chi connectivity index (χ3n) is 4.15. The van der Waals surface area contributed by atoms with Crippen molar-refractivity contribution in [1.82, 2.24) is 4.57 Å². The van der Waals surface area contributed by atoms with Crippen molar-refractivity contribution in [3.05, 3.63) is 58.4 Å². The first-order valence-corrected chi connectivity index (χ1v) is 7.81. The highest BCUT2D eigenvalue weighted by Crippen LogP contribution is 2.25. The van der Waals surface area contributed by atoms with Crippen LogP contribution < -0.4 is 0 Å². The Morgan fingerprint density at radius 2 is 1.83 bits per heavy atom. The second kappa shape index (κ2) is 6.82. The Labute approximate surface area is 137 Å². The number of ether oxygens (including phenoxy) is 1. The van der Waals surface area contributed by atoms with Crippen molar-refractivity contribution in [2.45, 2.75) is 33.6 Å². The van der Waals surface area contributed by atoms with E-state index in [9.17, 15) is 9.59 Å². The second-order valence-electron chi connectivity index (χ2n) is 5.78. The van der Waals surface area contributed by atoms with Crippen LogP contribution in [-0.2, 0) is 16.6 Å². The number of carbonyl (C=O) groups is 2. The van der Waals surface area contributed by atoms with E-state index in [1.54, 1.807) is 13.8 Å². The molecular weight excluding hydrogens is 290 g/mol. The summed E-state index contributed by atoms with van der Waals surface area (Å²) in [5.74, 6) is -0.703. The molecule has 2 aromatic rings. The predicted molar refractivity (Wildman–Crippen MR) is 89.8 cm³/mol. The van der Waals surface area contributed by atoms with E-state index < -0.39 is 5.92 Å². The average Bonchev–Trinajstić information content (AvgIpc) is 2.81. The van der Waals surface area contributed by atoms with Gasteiger partial charge in [-0.25, -0.2) is 0 Å². The molecular formula is C19H23NO3. The Hall–Kier alpha value is -2.36. The third kappa shape index (κ3) is 3.21. The van der Waals surface area contributed by atoms with Crippen LogP contribution in [-0.4, -0.2) is 22.9 Å². The molecule has 0 bridgehead atoms. The van der Waals surface area contributed by atoms with Crippen molar-refractivity contribution in [3.8, 4) is 0 Å². The molecule has 0 fully saturated rings. The van der Waals surface area contributed by atoms with Crippen LogP contribution in [0.1, 0.15) is 52.6 Å². The molecule has 2 rings (SSSR count). The highest BCUT2D eigenvalue weighted by molar-refractivity contribution is 6.10. The Bertz CT molecular complexity index is 743. The molecule has 0 amide bonds.